The van der Waals surface area contributed by atoms with Gasteiger partial charge in [0.25, 0.3) is 0 Å². The molecule has 3 aromatic heterocycles. The van der Waals surface area contributed by atoms with E-state index >= 15 is 0 Å². The number of carboxylic acid groups (broad SMARTS) is 4. The number of aliphatic carboxylic acids is 4. The number of nitrogens with zero attached hydrogens (tertiary/aromatic N) is 2. The van der Waals surface area contributed by atoms with Crippen LogP contribution in [0.1, 0.15) is 97.0 Å². The molecule has 0 aliphatic carbocycles. The Hall–Kier alpha value is -5.13. The van der Waals surface area contributed by atoms with E-state index < -0.39 is 55.1 Å². The summed E-state index contributed by atoms with van der Waals surface area (Å²) in [6.45, 7) is 15.5. The maximum atomic E-state index is 13.9. The summed E-state index contributed by atoms with van der Waals surface area (Å²) in [5, 5.41) is 42.0. The number of amides is 1. The molecule has 1 atom stereocenters. The molecule has 5 heterocycles. The maximum absolute atomic E-state index is 13.9. The lowest BCUT2D eigenvalue weighted by Crippen LogP contribution is -2.42. The molecule has 0 saturated heterocycles. The van der Waals surface area contributed by atoms with Crippen LogP contribution in [-0.2, 0) is 36.8 Å². The minimum atomic E-state index is -1.59. The SMILES string of the molecule is C=Cc1c(C)c2[nH]c1c(Br)c1nc(c(Br)c3nc(c(CC(=O)NC(CCC(=O)O)C(=O)O)c4[nH]c(c(C=C)c4CCC(=O)O)c2Br)C(C(=O)O)=C3C)C(CC)=C1C. The highest BCUT2D eigenvalue weighted by atomic mass is 79.9. The van der Waals surface area contributed by atoms with Crippen LogP contribution in [0, 0.1) is 6.92 Å². The molecule has 8 bridgehead atoms. The molecular weight excluding hydrogens is 934 g/mol. The van der Waals surface area contributed by atoms with Gasteiger partial charge >= 0.3 is 23.9 Å². The summed E-state index contributed by atoms with van der Waals surface area (Å²) in [5.74, 6) is -6.10. The number of hydrogen-bond donors (Lipinski definition) is 7. The third-order valence-corrected chi connectivity index (χ3v) is 12.3. The van der Waals surface area contributed by atoms with E-state index in [1.807, 2.05) is 20.8 Å². The Kier molecular flexibility index (Phi) is 12.9. The summed E-state index contributed by atoms with van der Waals surface area (Å²) in [7, 11) is 0. The third-order valence-electron chi connectivity index (χ3n) is 10.0. The van der Waals surface area contributed by atoms with Crippen molar-refractivity contribution in [3.8, 4) is 0 Å². The van der Waals surface area contributed by atoms with E-state index in [0.29, 0.717) is 58.9 Å². The Balaban J connectivity index is 2.08. The number of H-pyrrole nitrogens is 2. The zero-order valence-corrected chi connectivity index (χ0v) is 36.0. The number of aryl methyl sites for hydroxylation is 2. The molecule has 1 amide bonds. The lowest BCUT2D eigenvalue weighted by molar-refractivity contribution is -0.143. The number of aromatic nitrogens is 4. The average molecular weight is 972 g/mol. The minimum Gasteiger partial charge on any atom is -0.481 e. The van der Waals surface area contributed by atoms with Gasteiger partial charge in [-0.15, -0.1) is 0 Å². The van der Waals surface area contributed by atoms with Crippen LogP contribution >= 0.6 is 47.8 Å². The molecule has 7 N–H and O–H groups in total. The van der Waals surface area contributed by atoms with E-state index in [-0.39, 0.29) is 46.5 Å². The van der Waals surface area contributed by atoms with Gasteiger partial charge in [-0.1, -0.05) is 32.2 Å². The van der Waals surface area contributed by atoms with Gasteiger partial charge in [-0.05, 0) is 116 Å². The normalized spacial score (nSPS) is 13.1. The Morgan fingerprint density at radius 1 is 0.737 bits per heavy atom. The lowest BCUT2D eigenvalue weighted by atomic mass is 9.96. The first-order chi connectivity index (χ1) is 26.9. The molecule has 0 aromatic carbocycles. The lowest BCUT2D eigenvalue weighted by Gasteiger charge is -2.15. The average Bonchev–Trinajstić information content (AvgIpc) is 3.89. The van der Waals surface area contributed by atoms with Crippen LogP contribution in [0.3, 0.4) is 0 Å². The van der Waals surface area contributed by atoms with E-state index in [0.717, 1.165) is 22.3 Å². The third kappa shape index (κ3) is 8.05. The summed E-state index contributed by atoms with van der Waals surface area (Å²) in [6, 6.07) is -1.59. The van der Waals surface area contributed by atoms with Crippen LogP contribution in [0.4, 0.5) is 0 Å². The molecule has 0 fully saturated rings. The Bertz CT molecular complexity index is 2560. The van der Waals surface area contributed by atoms with Gasteiger partial charge in [0, 0.05) is 35.0 Å². The molecule has 0 radical (unpaired) electrons. The number of carbonyl (C=O) groups excluding carboxylic acids is 1. The first kappa shape index (κ1) is 43.0. The van der Waals surface area contributed by atoms with Gasteiger partial charge in [-0.25, -0.2) is 19.6 Å². The molecule has 2 aliphatic heterocycles. The fourth-order valence-electron chi connectivity index (χ4n) is 7.19. The van der Waals surface area contributed by atoms with Gasteiger partial charge in [0.05, 0.1) is 64.7 Å². The minimum absolute atomic E-state index is 0.0128. The molecule has 3 aromatic rings. The van der Waals surface area contributed by atoms with E-state index in [2.05, 4.69) is 76.2 Å². The fourth-order valence-corrected chi connectivity index (χ4v) is 9.31. The van der Waals surface area contributed by atoms with Crippen LogP contribution in [0.25, 0.3) is 56.5 Å². The predicted molar refractivity (Wildman–Crippen MR) is 228 cm³/mol. The van der Waals surface area contributed by atoms with Gasteiger partial charge in [-0.3, -0.25) is 14.4 Å². The van der Waals surface area contributed by atoms with E-state index in [1.165, 1.54) is 6.08 Å². The number of nitrogens with one attached hydrogen (secondary N) is 3. The maximum Gasteiger partial charge on any atom is 0.338 e. The second-order valence-electron chi connectivity index (χ2n) is 13.4. The number of carboxylic acids is 4. The number of hydrogen-bond acceptors (Lipinski definition) is 7. The number of aromatic amines is 2. The first-order valence-corrected chi connectivity index (χ1v) is 20.0. The van der Waals surface area contributed by atoms with E-state index in [9.17, 15) is 44.4 Å². The monoisotopic (exact) mass is 969 g/mol. The number of rotatable bonds is 14. The first-order valence-electron chi connectivity index (χ1n) is 17.6. The van der Waals surface area contributed by atoms with Crippen molar-refractivity contribution < 1.29 is 44.4 Å². The van der Waals surface area contributed by atoms with E-state index in [4.69, 9.17) is 9.97 Å². The fraction of sp³-hybridized carbons (Fsp3) is 0.275. The summed E-state index contributed by atoms with van der Waals surface area (Å²) in [6.07, 6.45) is 1.72. The zero-order chi connectivity index (χ0) is 42.2. The molecule has 0 saturated carbocycles. The molecule has 14 nitrogen and oxygen atoms in total. The van der Waals surface area contributed by atoms with Crippen molar-refractivity contribution in [2.45, 2.75) is 72.3 Å². The summed E-state index contributed by atoms with van der Waals surface area (Å²) in [4.78, 5) is 79.3. The van der Waals surface area contributed by atoms with Gasteiger partial charge in [0.15, 0.2) is 0 Å². The van der Waals surface area contributed by atoms with E-state index in [1.54, 1.807) is 13.0 Å². The van der Waals surface area contributed by atoms with Crippen LogP contribution in [-0.4, -0.2) is 76.2 Å². The van der Waals surface area contributed by atoms with Gasteiger partial charge in [-0.2, -0.15) is 0 Å². The second kappa shape index (κ2) is 17.2. The number of fused-ring (bicyclic) bond motifs is 8. The van der Waals surface area contributed by atoms with Gasteiger partial charge in [0.1, 0.15) is 6.04 Å². The zero-order valence-electron chi connectivity index (χ0n) is 31.2. The number of allylic oxidation sites excluding steroid dienone is 3. The van der Waals surface area contributed by atoms with Crippen LogP contribution < -0.4 is 5.32 Å². The van der Waals surface area contributed by atoms with Gasteiger partial charge in [0.2, 0.25) is 5.91 Å². The van der Waals surface area contributed by atoms with Crippen molar-refractivity contribution in [2.24, 2.45) is 0 Å². The van der Waals surface area contributed by atoms with Crippen molar-refractivity contribution >= 4 is 134 Å². The Labute approximate surface area is 351 Å². The number of halogens is 3. The van der Waals surface area contributed by atoms with Gasteiger partial charge < -0.3 is 35.7 Å². The quantitative estimate of drug-likeness (QED) is 0.0808. The summed E-state index contributed by atoms with van der Waals surface area (Å²) >= 11 is 11.3. The summed E-state index contributed by atoms with van der Waals surface area (Å²) < 4.78 is 1.50. The molecule has 5 rings (SSSR count). The highest BCUT2D eigenvalue weighted by Gasteiger charge is 2.32. The van der Waals surface area contributed by atoms with Crippen molar-refractivity contribution in [3.63, 3.8) is 0 Å². The molecule has 17 heteroatoms. The Morgan fingerprint density at radius 3 is 1.88 bits per heavy atom. The molecule has 2 aliphatic rings. The molecule has 57 heavy (non-hydrogen) atoms. The topological polar surface area (TPSA) is 236 Å². The molecule has 1 unspecified atom stereocenters. The summed E-state index contributed by atoms with van der Waals surface area (Å²) in [5.41, 5.74) is 7.15. The van der Waals surface area contributed by atoms with Crippen LogP contribution in [0.15, 0.2) is 26.6 Å². The Morgan fingerprint density at radius 2 is 1.32 bits per heavy atom. The van der Waals surface area contributed by atoms with Crippen molar-refractivity contribution in [2.75, 3.05) is 0 Å². The standard InChI is InChI=1S/C40H38Br3N5O9/c1-7-18-16(5)32-29(42)38-20(9-3)21(10-12-25(50)51)34(48-38)22(14-24(49)44-23(39(54)55)11-13-26(52)53)35-27(40(56)57)17(6)33(45-35)30(43)37-19(8-2)15(4)31(46-37)28(41)36(18)47-32/h7,9,23,47-48H,1,3,8,10-14H2,2,4-6H3,(H,44,49)(H,50,51)(H,52,53)(H,54,55)(H,56,57). The smallest absolute Gasteiger partial charge is 0.338 e. The van der Waals surface area contributed by atoms with Crippen molar-refractivity contribution in [1.29, 1.82) is 0 Å². The van der Waals surface area contributed by atoms with Crippen molar-refractivity contribution in [3.05, 3.63) is 77.2 Å². The van der Waals surface area contributed by atoms with Crippen LogP contribution in [0.2, 0.25) is 0 Å². The predicted octanol–water partition coefficient (Wildman–Crippen LogP) is 8.55. The highest BCUT2D eigenvalue weighted by molar-refractivity contribution is 9.11. The molecule has 298 valence electrons. The highest BCUT2D eigenvalue weighted by Crippen LogP contribution is 2.45. The molecule has 0 spiro atoms. The number of carbonyl (C=O) groups is 5. The largest absolute Gasteiger partial charge is 0.481 e. The van der Waals surface area contributed by atoms with Crippen molar-refractivity contribution in [1.82, 2.24) is 25.3 Å². The second-order valence-corrected chi connectivity index (χ2v) is 15.7. The van der Waals surface area contributed by atoms with Crippen LogP contribution in [0.5, 0.6) is 0 Å². The molecular formula is C40H38Br3N5O9.